The molecular weight excluding hydrogens is 389 g/mol. The quantitative estimate of drug-likeness (QED) is 0.483. The molecule has 1 aliphatic heterocycles. The van der Waals surface area contributed by atoms with Crippen LogP contribution in [-0.4, -0.2) is 18.0 Å². The topological polar surface area (TPSA) is 78.5 Å². The van der Waals surface area contributed by atoms with Crippen LogP contribution in [0.25, 0.3) is 0 Å². The number of carbonyl (C=O) groups excluding carboxylic acids is 2. The van der Waals surface area contributed by atoms with Gasteiger partial charge in [0.2, 0.25) is 0 Å². The van der Waals surface area contributed by atoms with Crippen LogP contribution in [0.4, 0.5) is 5.69 Å². The number of rotatable bonds is 3. The van der Waals surface area contributed by atoms with Crippen LogP contribution >= 0.6 is 23.2 Å². The lowest BCUT2D eigenvalue weighted by molar-refractivity contribution is -0.308. The van der Waals surface area contributed by atoms with E-state index in [2.05, 4.69) is 5.32 Å². The highest BCUT2D eigenvalue weighted by atomic mass is 35.5. The molecule has 5 nitrogen and oxygen atoms in total. The van der Waals surface area contributed by atoms with Crippen LogP contribution in [0.5, 0.6) is 5.75 Å². The zero-order chi connectivity index (χ0) is 19.1. The summed E-state index contributed by atoms with van der Waals surface area (Å²) in [5.41, 5.74) is 1.80. The number of esters is 1. The minimum absolute atomic E-state index is 0.0677. The van der Waals surface area contributed by atoms with Crippen molar-refractivity contribution >= 4 is 40.8 Å². The normalized spacial score (nSPS) is 22.5. The van der Waals surface area contributed by atoms with Gasteiger partial charge in [-0.15, -0.1) is 0 Å². The molecule has 138 valence electrons. The molecule has 1 aliphatic carbocycles. The van der Waals surface area contributed by atoms with Gasteiger partial charge in [0.15, 0.2) is 0 Å². The minimum Gasteiger partial charge on any atom is -0.548 e. The molecule has 2 aromatic rings. The van der Waals surface area contributed by atoms with E-state index in [9.17, 15) is 14.7 Å². The third-order valence-corrected chi connectivity index (χ3v) is 5.50. The Balaban J connectivity index is 1.62. The molecule has 0 saturated carbocycles. The number of ether oxygens (including phenoxy) is 1. The Morgan fingerprint density at radius 1 is 1.15 bits per heavy atom. The first-order valence-electron chi connectivity index (χ1n) is 8.39. The number of anilines is 1. The van der Waals surface area contributed by atoms with Crippen LogP contribution in [0, 0.1) is 5.92 Å². The molecular formula is C20H14Cl2NO4-. The van der Waals surface area contributed by atoms with E-state index < -0.39 is 18.0 Å². The first-order chi connectivity index (χ1) is 12.9. The fraction of sp³-hybridized carbons (Fsp3) is 0.200. The molecule has 27 heavy (non-hydrogen) atoms. The Labute approximate surface area is 165 Å². The maximum atomic E-state index is 12.4. The Morgan fingerprint density at radius 2 is 1.96 bits per heavy atom. The molecule has 0 aromatic heterocycles. The molecule has 0 bridgehead atoms. The van der Waals surface area contributed by atoms with Crippen molar-refractivity contribution in [2.45, 2.75) is 18.4 Å². The summed E-state index contributed by atoms with van der Waals surface area (Å²) in [7, 11) is 0. The van der Waals surface area contributed by atoms with E-state index in [0.717, 1.165) is 5.56 Å². The summed E-state index contributed by atoms with van der Waals surface area (Å²) in [6.07, 6.45) is 4.61. The van der Waals surface area contributed by atoms with E-state index in [1.54, 1.807) is 24.3 Å². The average molecular weight is 403 g/mol. The molecule has 7 heteroatoms. The zero-order valence-corrected chi connectivity index (χ0v) is 15.5. The highest BCUT2D eigenvalue weighted by molar-refractivity contribution is 6.36. The van der Waals surface area contributed by atoms with Crippen LogP contribution in [-0.2, 0) is 4.79 Å². The van der Waals surface area contributed by atoms with E-state index in [1.165, 1.54) is 12.1 Å². The highest BCUT2D eigenvalue weighted by Gasteiger charge is 2.38. The van der Waals surface area contributed by atoms with E-state index in [0.29, 0.717) is 22.9 Å². The molecule has 0 unspecified atom stereocenters. The molecule has 0 amide bonds. The number of nitrogens with one attached hydrogen (secondary N) is 1. The van der Waals surface area contributed by atoms with Crippen molar-refractivity contribution in [1.82, 2.24) is 0 Å². The Kier molecular flexibility index (Phi) is 4.58. The number of halogens is 2. The van der Waals surface area contributed by atoms with Crippen LogP contribution < -0.4 is 15.2 Å². The molecule has 1 heterocycles. The second-order valence-electron chi connectivity index (χ2n) is 6.56. The van der Waals surface area contributed by atoms with E-state index in [1.807, 2.05) is 12.2 Å². The van der Waals surface area contributed by atoms with Gasteiger partial charge in [-0.05, 0) is 54.3 Å². The highest BCUT2D eigenvalue weighted by Crippen LogP contribution is 2.45. The van der Waals surface area contributed by atoms with Gasteiger partial charge >= 0.3 is 5.97 Å². The van der Waals surface area contributed by atoms with Crippen LogP contribution in [0.1, 0.15) is 28.3 Å². The molecule has 0 saturated heterocycles. The van der Waals surface area contributed by atoms with Gasteiger partial charge in [-0.25, -0.2) is 4.79 Å². The Hall–Kier alpha value is -2.50. The molecule has 0 spiro atoms. The summed E-state index contributed by atoms with van der Waals surface area (Å²) < 4.78 is 5.46. The van der Waals surface area contributed by atoms with Gasteiger partial charge in [-0.1, -0.05) is 35.4 Å². The third kappa shape index (κ3) is 3.29. The van der Waals surface area contributed by atoms with Gasteiger partial charge in [0.25, 0.3) is 0 Å². The van der Waals surface area contributed by atoms with Gasteiger partial charge in [-0.3, -0.25) is 0 Å². The lowest BCUT2D eigenvalue weighted by Gasteiger charge is -2.37. The van der Waals surface area contributed by atoms with E-state index >= 15 is 0 Å². The fourth-order valence-electron chi connectivity index (χ4n) is 3.69. The largest absolute Gasteiger partial charge is 0.548 e. The summed E-state index contributed by atoms with van der Waals surface area (Å²) in [6.45, 7) is 0. The molecule has 2 aromatic carbocycles. The molecule has 2 aliphatic rings. The first kappa shape index (κ1) is 17.9. The lowest BCUT2D eigenvalue weighted by atomic mass is 9.79. The van der Waals surface area contributed by atoms with Crippen molar-refractivity contribution in [3.8, 4) is 5.75 Å². The molecule has 0 fully saturated rings. The molecule has 4 rings (SSSR count). The minimum atomic E-state index is -1.12. The van der Waals surface area contributed by atoms with Crippen molar-refractivity contribution in [1.29, 1.82) is 0 Å². The maximum Gasteiger partial charge on any atom is 0.345 e. The Bertz CT molecular complexity index is 972. The molecule has 3 atom stereocenters. The fourth-order valence-corrected chi connectivity index (χ4v) is 4.17. The van der Waals surface area contributed by atoms with Gasteiger partial charge in [0.1, 0.15) is 5.75 Å². The third-order valence-electron chi connectivity index (χ3n) is 4.95. The van der Waals surface area contributed by atoms with Crippen molar-refractivity contribution in [3.05, 3.63) is 69.7 Å². The number of benzene rings is 2. The summed E-state index contributed by atoms with van der Waals surface area (Å²) >= 11 is 11.9. The van der Waals surface area contributed by atoms with E-state index in [-0.39, 0.29) is 22.4 Å². The number of hydrogen-bond acceptors (Lipinski definition) is 5. The van der Waals surface area contributed by atoms with Gasteiger partial charge in [0, 0.05) is 16.6 Å². The number of fused-ring (bicyclic) bond motifs is 3. The monoisotopic (exact) mass is 402 g/mol. The zero-order valence-electron chi connectivity index (χ0n) is 13.9. The first-order valence-corrected chi connectivity index (χ1v) is 9.15. The average Bonchev–Trinajstić information content (AvgIpc) is 3.10. The van der Waals surface area contributed by atoms with Gasteiger partial charge in [-0.2, -0.15) is 0 Å². The van der Waals surface area contributed by atoms with Crippen molar-refractivity contribution in [3.63, 3.8) is 0 Å². The summed E-state index contributed by atoms with van der Waals surface area (Å²) in [5.74, 6) is -1.54. The number of hydrogen-bond donors (Lipinski definition) is 1. The Morgan fingerprint density at radius 3 is 2.70 bits per heavy atom. The predicted molar refractivity (Wildman–Crippen MR) is 100 cm³/mol. The van der Waals surface area contributed by atoms with Gasteiger partial charge in [0.05, 0.1) is 22.6 Å². The number of allylic oxidation sites excluding steroid dienone is 2. The van der Waals surface area contributed by atoms with Crippen molar-refractivity contribution < 1.29 is 19.4 Å². The summed E-state index contributed by atoms with van der Waals surface area (Å²) in [6, 6.07) is 8.87. The lowest BCUT2D eigenvalue weighted by Crippen LogP contribution is -2.48. The van der Waals surface area contributed by atoms with Crippen LogP contribution in [0.3, 0.4) is 0 Å². The number of carboxylic acids is 1. The van der Waals surface area contributed by atoms with Crippen molar-refractivity contribution in [2.75, 3.05) is 5.32 Å². The summed E-state index contributed by atoms with van der Waals surface area (Å²) in [4.78, 5) is 23.9. The van der Waals surface area contributed by atoms with Gasteiger partial charge < -0.3 is 20.0 Å². The number of carboxylic acid groups (broad SMARTS) is 1. The van der Waals surface area contributed by atoms with E-state index in [4.69, 9.17) is 27.9 Å². The molecule has 0 radical (unpaired) electrons. The smallest absolute Gasteiger partial charge is 0.345 e. The summed E-state index contributed by atoms with van der Waals surface area (Å²) in [5, 5.41) is 15.1. The predicted octanol–water partition coefficient (Wildman–Crippen LogP) is 3.42. The SMILES string of the molecule is O=C(Oc1ccc2c(c1)[C@H]1C=CC[C@H]1[C@H](C(=O)[O-])N2)c1ccc(Cl)cc1Cl. The second kappa shape index (κ2) is 6.91. The van der Waals surface area contributed by atoms with Crippen LogP contribution in [0.15, 0.2) is 48.6 Å². The van der Waals surface area contributed by atoms with Crippen molar-refractivity contribution in [2.24, 2.45) is 5.92 Å². The van der Waals surface area contributed by atoms with Crippen LogP contribution in [0.2, 0.25) is 10.0 Å². The molecule has 1 N–H and O–H groups in total. The number of carbonyl (C=O) groups is 2. The number of aliphatic carboxylic acids is 1. The maximum absolute atomic E-state index is 12.4. The second-order valence-corrected chi connectivity index (χ2v) is 7.40. The standard InChI is InChI=1S/C20H15Cl2NO4/c21-10-4-6-14(16(22)8-10)20(26)27-11-5-7-17-15(9-11)12-2-1-3-13(12)18(23-17)19(24)25/h1-2,4-9,12-13,18,23H,3H2,(H,24,25)/p-1/t12-,13+,18+/m0/s1.